The molecule has 0 aliphatic heterocycles. The molecule has 1 heterocycles. The van der Waals surface area contributed by atoms with Crippen molar-refractivity contribution in [3.8, 4) is 17.1 Å². The molecule has 0 saturated carbocycles. The van der Waals surface area contributed by atoms with Gasteiger partial charge in [-0.15, -0.1) is 0 Å². The van der Waals surface area contributed by atoms with Crippen molar-refractivity contribution < 1.29 is 4.74 Å². The van der Waals surface area contributed by atoms with Gasteiger partial charge in [0.2, 0.25) is 0 Å². The minimum Gasteiger partial charge on any atom is -0.491 e. The number of nitrogen functional groups attached to an aromatic ring is 1. The van der Waals surface area contributed by atoms with E-state index in [4.69, 9.17) is 10.5 Å². The van der Waals surface area contributed by atoms with Crippen molar-refractivity contribution in [3.63, 3.8) is 0 Å². The van der Waals surface area contributed by atoms with Crippen LogP contribution in [-0.2, 0) is 0 Å². The molecule has 0 radical (unpaired) electrons. The molecular weight excluding hydrogens is 226 g/mol. The SMILES string of the molecule is Cc1cc(-c2ncc(N)cn2)ccc1OC(C)C. The standard InChI is InChI=1S/C14H17N3O/c1-9(2)18-13-5-4-11(6-10(13)3)14-16-7-12(15)8-17-14/h4-9H,15H2,1-3H3. The molecule has 0 atom stereocenters. The zero-order valence-electron chi connectivity index (χ0n) is 10.8. The van der Waals surface area contributed by atoms with Crippen molar-refractivity contribution in [3.05, 3.63) is 36.2 Å². The Bertz CT molecular complexity index is 535. The van der Waals surface area contributed by atoms with Crippen molar-refractivity contribution >= 4 is 5.69 Å². The van der Waals surface area contributed by atoms with Crippen LogP contribution in [0.15, 0.2) is 30.6 Å². The molecule has 1 aromatic heterocycles. The number of anilines is 1. The number of ether oxygens (including phenoxy) is 1. The van der Waals surface area contributed by atoms with Gasteiger partial charge in [0.25, 0.3) is 0 Å². The smallest absolute Gasteiger partial charge is 0.159 e. The van der Waals surface area contributed by atoms with E-state index in [1.165, 1.54) is 0 Å². The van der Waals surface area contributed by atoms with Gasteiger partial charge in [-0.3, -0.25) is 0 Å². The highest BCUT2D eigenvalue weighted by Crippen LogP contribution is 2.24. The van der Waals surface area contributed by atoms with Crippen LogP contribution in [-0.4, -0.2) is 16.1 Å². The number of hydrogen-bond donors (Lipinski definition) is 1. The third-order valence-electron chi connectivity index (χ3n) is 2.47. The average molecular weight is 243 g/mol. The quantitative estimate of drug-likeness (QED) is 0.900. The van der Waals surface area contributed by atoms with Gasteiger partial charge in [0, 0.05) is 5.56 Å². The van der Waals surface area contributed by atoms with Crippen LogP contribution in [0.25, 0.3) is 11.4 Å². The summed E-state index contributed by atoms with van der Waals surface area (Å²) in [7, 11) is 0. The van der Waals surface area contributed by atoms with Gasteiger partial charge in [-0.05, 0) is 44.5 Å². The second-order valence-electron chi connectivity index (χ2n) is 4.49. The van der Waals surface area contributed by atoms with E-state index in [0.717, 1.165) is 16.9 Å². The van der Waals surface area contributed by atoms with E-state index in [0.29, 0.717) is 11.5 Å². The van der Waals surface area contributed by atoms with Crippen LogP contribution >= 0.6 is 0 Å². The van der Waals surface area contributed by atoms with Crippen LogP contribution in [0, 0.1) is 6.92 Å². The Morgan fingerprint density at radius 3 is 2.39 bits per heavy atom. The lowest BCUT2D eigenvalue weighted by Crippen LogP contribution is -2.06. The number of nitrogens with two attached hydrogens (primary N) is 1. The first-order valence-corrected chi connectivity index (χ1v) is 5.91. The van der Waals surface area contributed by atoms with Crippen molar-refractivity contribution in [1.29, 1.82) is 0 Å². The Morgan fingerprint density at radius 2 is 1.83 bits per heavy atom. The number of aryl methyl sites for hydroxylation is 1. The molecule has 4 heteroatoms. The van der Waals surface area contributed by atoms with E-state index >= 15 is 0 Å². The maximum absolute atomic E-state index is 5.69. The molecule has 0 bridgehead atoms. The number of nitrogens with zero attached hydrogens (tertiary/aromatic N) is 2. The highest BCUT2D eigenvalue weighted by Gasteiger charge is 2.06. The van der Waals surface area contributed by atoms with Gasteiger partial charge in [-0.25, -0.2) is 9.97 Å². The van der Waals surface area contributed by atoms with Gasteiger partial charge in [-0.2, -0.15) is 0 Å². The summed E-state index contributed by atoms with van der Waals surface area (Å²) in [4.78, 5) is 8.41. The lowest BCUT2D eigenvalue weighted by molar-refractivity contribution is 0.241. The maximum Gasteiger partial charge on any atom is 0.159 e. The molecule has 2 aromatic rings. The highest BCUT2D eigenvalue weighted by molar-refractivity contribution is 5.59. The number of rotatable bonds is 3. The number of hydrogen-bond acceptors (Lipinski definition) is 4. The second-order valence-corrected chi connectivity index (χ2v) is 4.49. The maximum atomic E-state index is 5.69. The Morgan fingerprint density at radius 1 is 1.17 bits per heavy atom. The van der Waals surface area contributed by atoms with Crippen molar-refractivity contribution in [2.45, 2.75) is 26.9 Å². The molecule has 0 spiro atoms. The molecule has 0 amide bonds. The largest absolute Gasteiger partial charge is 0.491 e. The summed E-state index contributed by atoms with van der Waals surface area (Å²) in [6.45, 7) is 6.03. The van der Waals surface area contributed by atoms with Crippen LogP contribution < -0.4 is 10.5 Å². The van der Waals surface area contributed by atoms with Gasteiger partial charge < -0.3 is 10.5 Å². The summed E-state index contributed by atoms with van der Waals surface area (Å²) in [6.07, 6.45) is 3.38. The van der Waals surface area contributed by atoms with Crippen LogP contribution in [0.1, 0.15) is 19.4 Å². The summed E-state index contributed by atoms with van der Waals surface area (Å²) in [5.41, 5.74) is 8.17. The minimum atomic E-state index is 0.169. The average Bonchev–Trinajstić information content (AvgIpc) is 2.32. The summed E-state index contributed by atoms with van der Waals surface area (Å²) < 4.78 is 5.69. The first-order chi connectivity index (χ1) is 8.56. The van der Waals surface area contributed by atoms with E-state index in [1.807, 2.05) is 39.0 Å². The van der Waals surface area contributed by atoms with Crippen LogP contribution in [0.4, 0.5) is 5.69 Å². The zero-order chi connectivity index (χ0) is 13.1. The lowest BCUT2D eigenvalue weighted by atomic mass is 10.1. The van der Waals surface area contributed by atoms with E-state index in [-0.39, 0.29) is 6.10 Å². The summed E-state index contributed by atoms with van der Waals surface area (Å²) in [5.74, 6) is 1.56. The zero-order valence-corrected chi connectivity index (χ0v) is 10.8. The van der Waals surface area contributed by atoms with Gasteiger partial charge >= 0.3 is 0 Å². The second kappa shape index (κ2) is 5.04. The van der Waals surface area contributed by atoms with Crippen molar-refractivity contribution in [1.82, 2.24) is 9.97 Å². The van der Waals surface area contributed by atoms with E-state index < -0.39 is 0 Å². The summed E-state index contributed by atoms with van der Waals surface area (Å²) >= 11 is 0. The summed E-state index contributed by atoms with van der Waals surface area (Å²) in [5, 5.41) is 0. The van der Waals surface area contributed by atoms with Gasteiger partial charge in [0.05, 0.1) is 24.2 Å². The Hall–Kier alpha value is -2.10. The first kappa shape index (κ1) is 12.4. The fraction of sp³-hybridized carbons (Fsp3) is 0.286. The fourth-order valence-electron chi connectivity index (χ4n) is 1.66. The van der Waals surface area contributed by atoms with Crippen molar-refractivity contribution in [2.24, 2.45) is 0 Å². The molecule has 94 valence electrons. The van der Waals surface area contributed by atoms with Crippen LogP contribution in [0.5, 0.6) is 5.75 Å². The molecule has 1 aromatic carbocycles. The van der Waals surface area contributed by atoms with E-state index in [1.54, 1.807) is 12.4 Å². The third-order valence-corrected chi connectivity index (χ3v) is 2.47. The molecule has 0 aliphatic carbocycles. The fourth-order valence-corrected chi connectivity index (χ4v) is 1.66. The van der Waals surface area contributed by atoms with Gasteiger partial charge in [-0.1, -0.05) is 0 Å². The molecule has 0 unspecified atom stereocenters. The third kappa shape index (κ3) is 2.77. The molecule has 4 nitrogen and oxygen atoms in total. The molecule has 2 rings (SSSR count). The van der Waals surface area contributed by atoms with E-state index in [2.05, 4.69) is 9.97 Å². The number of aromatic nitrogens is 2. The molecule has 0 fully saturated rings. The number of benzene rings is 1. The molecule has 0 aliphatic rings. The minimum absolute atomic E-state index is 0.169. The highest BCUT2D eigenvalue weighted by atomic mass is 16.5. The lowest BCUT2D eigenvalue weighted by Gasteiger charge is -2.13. The van der Waals surface area contributed by atoms with Crippen LogP contribution in [0.3, 0.4) is 0 Å². The Balaban J connectivity index is 2.31. The van der Waals surface area contributed by atoms with E-state index in [9.17, 15) is 0 Å². The predicted octanol–water partition coefficient (Wildman–Crippen LogP) is 2.82. The normalized spacial score (nSPS) is 10.7. The molecule has 0 saturated heterocycles. The van der Waals surface area contributed by atoms with Gasteiger partial charge in [0.15, 0.2) is 5.82 Å². The predicted molar refractivity (Wildman–Crippen MR) is 72.4 cm³/mol. The Labute approximate surface area is 107 Å². The van der Waals surface area contributed by atoms with Crippen molar-refractivity contribution in [2.75, 3.05) is 5.73 Å². The topological polar surface area (TPSA) is 61.0 Å². The molecular formula is C14H17N3O. The monoisotopic (exact) mass is 243 g/mol. The Kier molecular flexibility index (Phi) is 3.46. The first-order valence-electron chi connectivity index (χ1n) is 5.91. The molecule has 2 N–H and O–H groups in total. The van der Waals surface area contributed by atoms with Crippen LogP contribution in [0.2, 0.25) is 0 Å². The summed E-state index contributed by atoms with van der Waals surface area (Å²) in [6, 6.07) is 5.92. The molecule has 18 heavy (non-hydrogen) atoms. The van der Waals surface area contributed by atoms with Gasteiger partial charge in [0.1, 0.15) is 5.75 Å².